The quantitative estimate of drug-likeness (QED) is 0.722. The molecule has 0 spiro atoms. The minimum atomic E-state index is -3.25. The maximum atomic E-state index is 11.5. The smallest absolute Gasteiger partial charge is 0.315 e. The lowest BCUT2D eigenvalue weighted by atomic mass is 10.1. The monoisotopic (exact) mass is 297 g/mol. The van der Waals surface area contributed by atoms with E-state index in [9.17, 15) is 13.2 Å². The first kappa shape index (κ1) is 14.8. The van der Waals surface area contributed by atoms with Crippen molar-refractivity contribution in [2.45, 2.75) is 31.2 Å². The summed E-state index contributed by atoms with van der Waals surface area (Å²) >= 11 is 0. The molecule has 0 radical (unpaired) electrons. The zero-order valence-corrected chi connectivity index (χ0v) is 12.2. The summed E-state index contributed by atoms with van der Waals surface area (Å²) in [5.74, 6) is -0.0423. The number of rotatable bonds is 6. The van der Waals surface area contributed by atoms with E-state index in [4.69, 9.17) is 0 Å². The van der Waals surface area contributed by atoms with Crippen molar-refractivity contribution in [2.75, 3.05) is 7.05 Å². The highest BCUT2D eigenvalue weighted by Gasteiger charge is 2.22. The Morgan fingerprint density at radius 1 is 1.20 bits per heavy atom. The van der Waals surface area contributed by atoms with Gasteiger partial charge in [-0.3, -0.25) is 0 Å². The standard InChI is InChI=1S/C13H19N3O3S/c1-14-20(18,19)9-11-4-2-10(3-5-11)8-15-13(17)16-12-6-7-12/h2-5,12,14H,6-9H2,1H3,(H2,15,16,17). The fraction of sp³-hybridized carbons (Fsp3) is 0.462. The van der Waals surface area contributed by atoms with Crippen molar-refractivity contribution in [1.82, 2.24) is 15.4 Å². The van der Waals surface area contributed by atoms with Crippen LogP contribution in [-0.4, -0.2) is 27.5 Å². The molecule has 2 amide bonds. The van der Waals surface area contributed by atoms with Gasteiger partial charge < -0.3 is 10.6 Å². The molecule has 110 valence electrons. The van der Waals surface area contributed by atoms with Gasteiger partial charge in [0.05, 0.1) is 5.75 Å². The highest BCUT2D eigenvalue weighted by Crippen LogP contribution is 2.18. The largest absolute Gasteiger partial charge is 0.335 e. The summed E-state index contributed by atoms with van der Waals surface area (Å²) in [6.45, 7) is 0.428. The van der Waals surface area contributed by atoms with Crippen LogP contribution in [0.2, 0.25) is 0 Å². The molecule has 0 aromatic heterocycles. The summed E-state index contributed by atoms with van der Waals surface area (Å²) in [4.78, 5) is 11.5. The van der Waals surface area contributed by atoms with Gasteiger partial charge in [0.1, 0.15) is 0 Å². The van der Waals surface area contributed by atoms with Gasteiger partial charge in [0, 0.05) is 12.6 Å². The van der Waals surface area contributed by atoms with Gasteiger partial charge in [-0.25, -0.2) is 17.9 Å². The lowest BCUT2D eigenvalue weighted by Crippen LogP contribution is -2.36. The fourth-order valence-electron chi connectivity index (χ4n) is 1.69. The van der Waals surface area contributed by atoms with E-state index >= 15 is 0 Å². The van der Waals surface area contributed by atoms with Crippen molar-refractivity contribution < 1.29 is 13.2 Å². The number of nitrogens with one attached hydrogen (secondary N) is 3. The second kappa shape index (κ2) is 6.23. The molecule has 2 rings (SSSR count). The average Bonchev–Trinajstić information content (AvgIpc) is 3.21. The third-order valence-electron chi connectivity index (χ3n) is 3.06. The van der Waals surface area contributed by atoms with Gasteiger partial charge in [-0.15, -0.1) is 0 Å². The predicted octanol–water partition coefficient (Wildman–Crippen LogP) is 0.697. The van der Waals surface area contributed by atoms with E-state index in [-0.39, 0.29) is 11.8 Å². The molecule has 1 saturated carbocycles. The van der Waals surface area contributed by atoms with Crippen LogP contribution in [0.5, 0.6) is 0 Å². The molecule has 3 N–H and O–H groups in total. The molecular weight excluding hydrogens is 278 g/mol. The predicted molar refractivity (Wildman–Crippen MR) is 76.5 cm³/mol. The Morgan fingerprint density at radius 3 is 2.35 bits per heavy atom. The molecule has 0 bridgehead atoms. The second-order valence-electron chi connectivity index (χ2n) is 4.88. The van der Waals surface area contributed by atoms with E-state index in [0.29, 0.717) is 18.2 Å². The Labute approximate surface area is 119 Å². The van der Waals surface area contributed by atoms with E-state index < -0.39 is 10.0 Å². The molecule has 0 atom stereocenters. The van der Waals surface area contributed by atoms with E-state index in [0.717, 1.165) is 18.4 Å². The lowest BCUT2D eigenvalue weighted by molar-refractivity contribution is 0.240. The van der Waals surface area contributed by atoms with Crippen molar-refractivity contribution in [3.8, 4) is 0 Å². The molecule has 1 fully saturated rings. The third-order valence-corrected chi connectivity index (χ3v) is 4.39. The van der Waals surface area contributed by atoms with Crippen LogP contribution in [0.25, 0.3) is 0 Å². The summed E-state index contributed by atoms with van der Waals surface area (Å²) in [5.41, 5.74) is 1.65. The summed E-state index contributed by atoms with van der Waals surface area (Å²) in [6.07, 6.45) is 2.12. The summed E-state index contributed by atoms with van der Waals surface area (Å²) in [6, 6.07) is 7.32. The van der Waals surface area contributed by atoms with Crippen LogP contribution in [0.15, 0.2) is 24.3 Å². The number of amides is 2. The Bertz CT molecular complexity index is 565. The van der Waals surface area contributed by atoms with Gasteiger partial charge in [0.2, 0.25) is 10.0 Å². The van der Waals surface area contributed by atoms with Gasteiger partial charge >= 0.3 is 6.03 Å². The van der Waals surface area contributed by atoms with E-state index in [1.807, 2.05) is 12.1 Å². The molecule has 6 nitrogen and oxygen atoms in total. The highest BCUT2D eigenvalue weighted by atomic mass is 32.2. The Morgan fingerprint density at radius 2 is 1.80 bits per heavy atom. The van der Waals surface area contributed by atoms with Crippen LogP contribution in [-0.2, 0) is 22.3 Å². The number of urea groups is 1. The molecule has 20 heavy (non-hydrogen) atoms. The molecule has 0 aliphatic heterocycles. The minimum absolute atomic E-state index is 0.0423. The van der Waals surface area contributed by atoms with Crippen LogP contribution < -0.4 is 15.4 Å². The zero-order chi connectivity index (χ0) is 14.6. The maximum absolute atomic E-state index is 11.5. The maximum Gasteiger partial charge on any atom is 0.315 e. The number of hydrogen-bond donors (Lipinski definition) is 3. The molecule has 0 saturated heterocycles. The van der Waals surface area contributed by atoms with Gasteiger partial charge in [0.15, 0.2) is 0 Å². The van der Waals surface area contributed by atoms with Crippen molar-refractivity contribution in [2.24, 2.45) is 0 Å². The van der Waals surface area contributed by atoms with Crippen molar-refractivity contribution in [3.63, 3.8) is 0 Å². The molecule has 1 aliphatic rings. The van der Waals surface area contributed by atoms with Crippen LogP contribution in [0.4, 0.5) is 4.79 Å². The zero-order valence-electron chi connectivity index (χ0n) is 11.3. The van der Waals surface area contributed by atoms with Crippen LogP contribution in [0.1, 0.15) is 24.0 Å². The number of hydrogen-bond acceptors (Lipinski definition) is 3. The number of carbonyl (C=O) groups is 1. The first-order valence-corrected chi connectivity index (χ1v) is 8.17. The number of carbonyl (C=O) groups excluding carboxylic acids is 1. The first-order chi connectivity index (χ1) is 9.48. The van der Waals surface area contributed by atoms with E-state index in [1.165, 1.54) is 7.05 Å². The van der Waals surface area contributed by atoms with Gasteiger partial charge in [-0.2, -0.15) is 0 Å². The van der Waals surface area contributed by atoms with E-state index in [2.05, 4.69) is 15.4 Å². The summed E-state index contributed by atoms with van der Waals surface area (Å²) < 4.78 is 25.1. The Kier molecular flexibility index (Phi) is 4.61. The molecule has 1 aliphatic carbocycles. The van der Waals surface area contributed by atoms with Crippen molar-refractivity contribution in [1.29, 1.82) is 0 Å². The average molecular weight is 297 g/mol. The van der Waals surface area contributed by atoms with Crippen LogP contribution in [0, 0.1) is 0 Å². The lowest BCUT2D eigenvalue weighted by Gasteiger charge is -2.07. The Balaban J connectivity index is 1.83. The summed E-state index contributed by atoms with van der Waals surface area (Å²) in [5, 5.41) is 5.61. The molecule has 0 unspecified atom stereocenters. The highest BCUT2D eigenvalue weighted by molar-refractivity contribution is 7.88. The molecular formula is C13H19N3O3S. The molecule has 1 aromatic rings. The first-order valence-electron chi connectivity index (χ1n) is 6.52. The molecule has 1 aromatic carbocycles. The third kappa shape index (κ3) is 4.82. The molecule has 0 heterocycles. The van der Waals surface area contributed by atoms with Gasteiger partial charge in [-0.05, 0) is 31.0 Å². The second-order valence-corrected chi connectivity index (χ2v) is 6.81. The van der Waals surface area contributed by atoms with Crippen LogP contribution >= 0.6 is 0 Å². The normalized spacial score (nSPS) is 14.8. The van der Waals surface area contributed by atoms with Gasteiger partial charge in [0.25, 0.3) is 0 Å². The topological polar surface area (TPSA) is 87.3 Å². The number of sulfonamides is 1. The number of benzene rings is 1. The summed E-state index contributed by atoms with van der Waals surface area (Å²) in [7, 11) is -1.85. The molecule has 7 heteroatoms. The minimum Gasteiger partial charge on any atom is -0.335 e. The van der Waals surface area contributed by atoms with Crippen LogP contribution in [0.3, 0.4) is 0 Å². The SMILES string of the molecule is CNS(=O)(=O)Cc1ccc(CNC(=O)NC2CC2)cc1. The van der Waals surface area contributed by atoms with E-state index in [1.54, 1.807) is 12.1 Å². The van der Waals surface area contributed by atoms with Crippen molar-refractivity contribution >= 4 is 16.1 Å². The Hall–Kier alpha value is -1.60. The fourth-order valence-corrected chi connectivity index (χ4v) is 2.47. The van der Waals surface area contributed by atoms with Gasteiger partial charge in [-0.1, -0.05) is 24.3 Å². The van der Waals surface area contributed by atoms with Crippen molar-refractivity contribution in [3.05, 3.63) is 35.4 Å².